The monoisotopic (exact) mass is 467 g/mol. The van der Waals surface area contributed by atoms with Crippen LogP contribution < -0.4 is 15.5 Å². The van der Waals surface area contributed by atoms with Crippen molar-refractivity contribution in [3.05, 3.63) is 52.2 Å². The molecule has 0 aliphatic heterocycles. The van der Waals surface area contributed by atoms with Crippen LogP contribution in [0.5, 0.6) is 0 Å². The lowest BCUT2D eigenvalue weighted by Crippen LogP contribution is -2.33. The Balaban J connectivity index is 1.25. The normalized spacial score (nSPS) is 20.3. The summed E-state index contributed by atoms with van der Waals surface area (Å²) in [7, 11) is 4.12. The van der Waals surface area contributed by atoms with Crippen LogP contribution in [-0.2, 0) is 17.6 Å². The Morgan fingerprint density at radius 1 is 1.12 bits per heavy atom. The molecule has 6 nitrogen and oxygen atoms in total. The Labute approximate surface area is 201 Å². The largest absolute Gasteiger partial charge is 0.362 e. The molecular weight excluding hydrogens is 434 g/mol. The van der Waals surface area contributed by atoms with Gasteiger partial charge in [-0.1, -0.05) is 29.8 Å². The third kappa shape index (κ3) is 6.26. The number of carbonyl (C=O) groups is 1. The molecule has 1 aromatic heterocycles. The van der Waals surface area contributed by atoms with Gasteiger partial charge in [-0.15, -0.1) is 0 Å². The van der Waals surface area contributed by atoms with E-state index in [1.54, 1.807) is 12.2 Å². The van der Waals surface area contributed by atoms with E-state index in [4.69, 9.17) is 21.6 Å². The van der Waals surface area contributed by atoms with E-state index in [-0.39, 0.29) is 5.91 Å². The third-order valence-electron chi connectivity index (χ3n) is 6.65. The minimum atomic E-state index is -0.0751. The molecule has 4 rings (SSSR count). The summed E-state index contributed by atoms with van der Waals surface area (Å²) in [5.74, 6) is 2.25. The summed E-state index contributed by atoms with van der Waals surface area (Å²) in [5, 5.41) is 7.28. The van der Waals surface area contributed by atoms with Crippen LogP contribution in [0.15, 0.2) is 30.3 Å². The summed E-state index contributed by atoms with van der Waals surface area (Å²) in [6.45, 7) is 0.707. The highest BCUT2D eigenvalue weighted by atomic mass is 35.5. The molecule has 2 aromatic rings. The minimum absolute atomic E-state index is 0.0751. The van der Waals surface area contributed by atoms with E-state index in [9.17, 15) is 4.79 Å². The molecule has 33 heavy (non-hydrogen) atoms. The van der Waals surface area contributed by atoms with Gasteiger partial charge in [-0.3, -0.25) is 4.79 Å². The summed E-state index contributed by atoms with van der Waals surface area (Å²) in [6.07, 6.45) is 12.2. The Morgan fingerprint density at radius 2 is 1.88 bits per heavy atom. The molecule has 2 N–H and O–H groups in total. The van der Waals surface area contributed by atoms with E-state index in [0.717, 1.165) is 55.9 Å². The molecule has 0 bridgehead atoms. The SMILES string of the molecule is CN(C)c1nc(N[C@H]2CC[C@@H](CNC(=O)C=Cc3ccccc3Cl)CC2)nc2c1CCCC2. The van der Waals surface area contributed by atoms with Crippen LogP contribution in [0.3, 0.4) is 0 Å². The molecule has 2 aliphatic carbocycles. The second-order valence-electron chi connectivity index (χ2n) is 9.36. The second-order valence-corrected chi connectivity index (χ2v) is 9.77. The van der Waals surface area contributed by atoms with Crippen LogP contribution in [0.1, 0.15) is 55.3 Å². The van der Waals surface area contributed by atoms with Crippen molar-refractivity contribution in [3.8, 4) is 0 Å². The summed E-state index contributed by atoms with van der Waals surface area (Å²) in [6, 6.07) is 7.89. The van der Waals surface area contributed by atoms with E-state index >= 15 is 0 Å². The first kappa shape index (κ1) is 23.6. The predicted molar refractivity (Wildman–Crippen MR) is 136 cm³/mol. The van der Waals surface area contributed by atoms with Gasteiger partial charge in [-0.25, -0.2) is 4.98 Å². The number of aromatic nitrogens is 2. The molecule has 2 aliphatic rings. The number of hydrogen-bond acceptors (Lipinski definition) is 5. The van der Waals surface area contributed by atoms with Crippen molar-refractivity contribution >= 4 is 35.4 Å². The van der Waals surface area contributed by atoms with Gasteiger partial charge in [0.15, 0.2) is 0 Å². The lowest BCUT2D eigenvalue weighted by Gasteiger charge is -2.30. The maximum Gasteiger partial charge on any atom is 0.244 e. The van der Waals surface area contributed by atoms with Crippen molar-refractivity contribution in [2.45, 2.75) is 57.4 Å². The fourth-order valence-electron chi connectivity index (χ4n) is 4.78. The van der Waals surface area contributed by atoms with E-state index in [0.29, 0.717) is 23.5 Å². The van der Waals surface area contributed by atoms with Crippen LogP contribution in [0.4, 0.5) is 11.8 Å². The molecule has 1 saturated carbocycles. The van der Waals surface area contributed by atoms with Crippen molar-refractivity contribution in [3.63, 3.8) is 0 Å². The van der Waals surface area contributed by atoms with Crippen LogP contribution in [0.2, 0.25) is 5.02 Å². The van der Waals surface area contributed by atoms with Crippen molar-refractivity contribution in [1.29, 1.82) is 0 Å². The molecular formula is C26H34ClN5O. The van der Waals surface area contributed by atoms with E-state index < -0.39 is 0 Å². The zero-order chi connectivity index (χ0) is 23.2. The number of carbonyl (C=O) groups excluding carboxylic acids is 1. The smallest absolute Gasteiger partial charge is 0.244 e. The lowest BCUT2D eigenvalue weighted by molar-refractivity contribution is -0.116. The van der Waals surface area contributed by atoms with E-state index in [1.165, 1.54) is 24.1 Å². The van der Waals surface area contributed by atoms with Crippen LogP contribution >= 0.6 is 11.6 Å². The fourth-order valence-corrected chi connectivity index (χ4v) is 4.98. The van der Waals surface area contributed by atoms with Crippen molar-refractivity contribution in [2.75, 3.05) is 30.9 Å². The van der Waals surface area contributed by atoms with Gasteiger partial charge >= 0.3 is 0 Å². The van der Waals surface area contributed by atoms with Crippen molar-refractivity contribution in [2.24, 2.45) is 5.92 Å². The lowest BCUT2D eigenvalue weighted by atomic mass is 9.86. The van der Waals surface area contributed by atoms with Gasteiger partial charge in [0.2, 0.25) is 11.9 Å². The van der Waals surface area contributed by atoms with Crippen LogP contribution in [-0.4, -0.2) is 42.6 Å². The van der Waals surface area contributed by atoms with Gasteiger partial charge < -0.3 is 15.5 Å². The Kier molecular flexibility index (Phi) is 7.86. The van der Waals surface area contributed by atoms with Crippen molar-refractivity contribution in [1.82, 2.24) is 15.3 Å². The number of aryl methyl sites for hydroxylation is 1. The van der Waals surface area contributed by atoms with Gasteiger partial charge in [0, 0.05) is 43.3 Å². The topological polar surface area (TPSA) is 70.2 Å². The zero-order valence-corrected chi connectivity index (χ0v) is 20.4. The maximum atomic E-state index is 12.2. The first-order chi connectivity index (χ1) is 16.0. The van der Waals surface area contributed by atoms with Crippen molar-refractivity contribution < 1.29 is 4.79 Å². The number of anilines is 2. The molecule has 1 fully saturated rings. The standard InChI is InChI=1S/C26H34ClN5O/c1-32(2)25-21-8-4-6-10-23(21)30-26(31-25)29-20-14-11-18(12-15-20)17-28-24(33)16-13-19-7-3-5-9-22(19)27/h3,5,7,9,13,16,18,20H,4,6,8,10-12,14-15,17H2,1-2H3,(H,28,33)(H,29,30,31)/t18-,20+. The number of halogens is 1. The molecule has 0 saturated heterocycles. The maximum absolute atomic E-state index is 12.2. The number of fused-ring (bicyclic) bond motifs is 1. The number of rotatable bonds is 7. The number of amides is 1. The van der Waals surface area contributed by atoms with Crippen LogP contribution in [0, 0.1) is 5.92 Å². The second kappa shape index (κ2) is 11.0. The van der Waals surface area contributed by atoms with Gasteiger partial charge in [0.05, 0.1) is 5.69 Å². The molecule has 0 radical (unpaired) electrons. The number of benzene rings is 1. The zero-order valence-electron chi connectivity index (χ0n) is 19.6. The average molecular weight is 468 g/mol. The highest BCUT2D eigenvalue weighted by molar-refractivity contribution is 6.32. The fraction of sp³-hybridized carbons (Fsp3) is 0.500. The summed E-state index contributed by atoms with van der Waals surface area (Å²) >= 11 is 6.14. The minimum Gasteiger partial charge on any atom is -0.362 e. The molecule has 1 aromatic carbocycles. The quantitative estimate of drug-likeness (QED) is 0.568. The summed E-state index contributed by atoms with van der Waals surface area (Å²) < 4.78 is 0. The van der Waals surface area contributed by atoms with Crippen LogP contribution in [0.25, 0.3) is 6.08 Å². The first-order valence-corrected chi connectivity index (χ1v) is 12.4. The molecule has 7 heteroatoms. The average Bonchev–Trinajstić information content (AvgIpc) is 2.82. The van der Waals surface area contributed by atoms with Gasteiger partial charge in [-0.2, -0.15) is 4.98 Å². The summed E-state index contributed by atoms with van der Waals surface area (Å²) in [4.78, 5) is 24.0. The molecule has 0 unspecified atom stereocenters. The molecule has 176 valence electrons. The van der Waals surface area contributed by atoms with Gasteiger partial charge in [-0.05, 0) is 75.0 Å². The molecule has 0 atom stereocenters. The number of hydrogen-bond donors (Lipinski definition) is 2. The van der Waals surface area contributed by atoms with Gasteiger partial charge in [0.1, 0.15) is 5.82 Å². The van der Waals surface area contributed by atoms with E-state index in [2.05, 4.69) is 29.6 Å². The van der Waals surface area contributed by atoms with E-state index in [1.807, 2.05) is 24.3 Å². The third-order valence-corrected chi connectivity index (χ3v) is 6.99. The molecule has 1 heterocycles. The Hall–Kier alpha value is -2.60. The number of nitrogens with zero attached hydrogens (tertiary/aromatic N) is 3. The highest BCUT2D eigenvalue weighted by Gasteiger charge is 2.24. The highest BCUT2D eigenvalue weighted by Crippen LogP contribution is 2.30. The Morgan fingerprint density at radius 3 is 2.64 bits per heavy atom. The first-order valence-electron chi connectivity index (χ1n) is 12.0. The predicted octanol–water partition coefficient (Wildman–Crippen LogP) is 4.88. The molecule has 0 spiro atoms. The van der Waals surface area contributed by atoms with Gasteiger partial charge in [0.25, 0.3) is 0 Å². The molecule has 1 amide bonds. The Bertz CT molecular complexity index is 998. The summed E-state index contributed by atoms with van der Waals surface area (Å²) in [5.41, 5.74) is 3.38. The number of nitrogens with one attached hydrogen (secondary N) is 2.